The molecule has 5 aliphatic carbocycles. The molecule has 4 bridgehead atoms. The van der Waals surface area contributed by atoms with E-state index in [0.29, 0.717) is 11.8 Å². The topological polar surface area (TPSA) is 62.2 Å². The first kappa shape index (κ1) is 22.9. The third-order valence-corrected chi connectivity index (χ3v) is 12.2. The zero-order valence-corrected chi connectivity index (χ0v) is 22.4. The van der Waals surface area contributed by atoms with Gasteiger partial charge in [0.05, 0.1) is 5.60 Å². The lowest BCUT2D eigenvalue weighted by Gasteiger charge is -2.77. The van der Waals surface area contributed by atoms with Crippen LogP contribution < -0.4 is 4.74 Å². The molecule has 5 heteroatoms. The average molecular weight is 482 g/mol. The molecule has 4 saturated carbocycles. The van der Waals surface area contributed by atoms with E-state index in [4.69, 9.17) is 9.47 Å². The molecule has 1 saturated heterocycles. The van der Waals surface area contributed by atoms with Crippen LogP contribution in [0.5, 0.6) is 11.5 Å². The van der Waals surface area contributed by atoms with Crippen molar-refractivity contribution in [2.24, 2.45) is 28.6 Å². The Hall–Kier alpha value is -1.30. The highest BCUT2D eigenvalue weighted by Crippen LogP contribution is 2.79. The normalized spacial score (nSPS) is 45.1. The SMILES string of the molecule is CO[C@@]12[C@H](C)C[C@@]3(C[C@@H]1[C@](C)(O)C(C)(C)C)[C@H]1Cc4ccc(O)c5c4[C@@]3(CCN1CC1CC1)[C@H]2O5. The fraction of sp³-hybridized carbons (Fsp3) is 0.800. The number of aliphatic hydroxyl groups is 1. The van der Waals surface area contributed by atoms with Crippen LogP contribution >= 0.6 is 0 Å². The number of fused-ring (bicyclic) bond motifs is 2. The summed E-state index contributed by atoms with van der Waals surface area (Å²) in [5, 5.41) is 23.3. The molecule has 2 aliphatic heterocycles. The molecule has 0 radical (unpaired) electrons. The molecule has 0 aromatic heterocycles. The van der Waals surface area contributed by atoms with Crippen molar-refractivity contribution >= 4 is 0 Å². The molecular formula is C30H43NO4. The number of phenols is 1. The molecule has 0 unspecified atom stereocenters. The van der Waals surface area contributed by atoms with Crippen molar-refractivity contribution in [1.82, 2.24) is 4.90 Å². The van der Waals surface area contributed by atoms with Crippen molar-refractivity contribution in [1.29, 1.82) is 0 Å². The Morgan fingerprint density at radius 3 is 2.57 bits per heavy atom. The highest BCUT2D eigenvalue weighted by atomic mass is 16.6. The number of phenolic OH excluding ortho intramolecular Hbond substituents is 1. The Bertz CT molecular complexity index is 1090. The number of likely N-dealkylation sites (tertiary alicyclic amines) is 1. The Morgan fingerprint density at radius 2 is 1.91 bits per heavy atom. The van der Waals surface area contributed by atoms with Gasteiger partial charge < -0.3 is 19.7 Å². The number of benzene rings is 1. The van der Waals surface area contributed by atoms with E-state index >= 15 is 0 Å². The molecule has 7 aliphatic rings. The lowest BCUT2D eigenvalue weighted by molar-refractivity contribution is -0.331. The minimum atomic E-state index is -0.928. The lowest BCUT2D eigenvalue weighted by atomic mass is 9.31. The van der Waals surface area contributed by atoms with Gasteiger partial charge in [-0.25, -0.2) is 0 Å². The molecule has 5 nitrogen and oxygen atoms in total. The zero-order valence-electron chi connectivity index (χ0n) is 22.4. The van der Waals surface area contributed by atoms with E-state index in [1.165, 1.54) is 30.5 Å². The molecule has 2 N–H and O–H groups in total. The Labute approximate surface area is 210 Å². The molecule has 8 atom stereocenters. The summed E-state index contributed by atoms with van der Waals surface area (Å²) in [7, 11) is 1.84. The molecule has 1 aromatic carbocycles. The molecule has 2 spiro atoms. The van der Waals surface area contributed by atoms with Gasteiger partial charge >= 0.3 is 0 Å². The van der Waals surface area contributed by atoms with E-state index in [2.05, 4.69) is 38.7 Å². The molecule has 0 amide bonds. The first-order valence-corrected chi connectivity index (χ1v) is 14.0. The number of aromatic hydroxyl groups is 1. The summed E-state index contributed by atoms with van der Waals surface area (Å²) in [6.45, 7) is 13.2. The van der Waals surface area contributed by atoms with Gasteiger partial charge in [-0.3, -0.25) is 4.90 Å². The van der Waals surface area contributed by atoms with Crippen molar-refractivity contribution in [3.05, 3.63) is 23.3 Å². The Kier molecular flexibility index (Phi) is 4.29. The van der Waals surface area contributed by atoms with Crippen LogP contribution in [0.2, 0.25) is 0 Å². The maximum absolute atomic E-state index is 12.3. The first-order chi connectivity index (χ1) is 16.4. The van der Waals surface area contributed by atoms with Crippen LogP contribution in [0, 0.1) is 28.6 Å². The smallest absolute Gasteiger partial charge is 0.165 e. The van der Waals surface area contributed by atoms with Crippen LogP contribution in [-0.2, 0) is 16.6 Å². The van der Waals surface area contributed by atoms with Crippen LogP contribution in [0.3, 0.4) is 0 Å². The predicted molar refractivity (Wildman–Crippen MR) is 135 cm³/mol. The summed E-state index contributed by atoms with van der Waals surface area (Å²) in [5.74, 6) is 2.02. The third-order valence-electron chi connectivity index (χ3n) is 12.2. The fourth-order valence-electron chi connectivity index (χ4n) is 10.1. The minimum Gasteiger partial charge on any atom is -0.504 e. The molecule has 2 heterocycles. The predicted octanol–water partition coefficient (Wildman–Crippen LogP) is 4.66. The monoisotopic (exact) mass is 481 g/mol. The first-order valence-electron chi connectivity index (χ1n) is 14.0. The van der Waals surface area contributed by atoms with Crippen molar-refractivity contribution in [2.45, 2.75) is 102 Å². The quantitative estimate of drug-likeness (QED) is 0.655. The molecule has 35 heavy (non-hydrogen) atoms. The van der Waals surface area contributed by atoms with E-state index in [9.17, 15) is 10.2 Å². The number of hydrogen-bond donors (Lipinski definition) is 2. The van der Waals surface area contributed by atoms with Gasteiger partial charge in [0.1, 0.15) is 11.7 Å². The number of methoxy groups -OCH3 is 1. The number of hydrogen-bond acceptors (Lipinski definition) is 5. The highest BCUT2D eigenvalue weighted by Gasteiger charge is 2.84. The van der Waals surface area contributed by atoms with E-state index < -0.39 is 11.2 Å². The number of ether oxygens (including phenoxy) is 2. The summed E-state index contributed by atoms with van der Waals surface area (Å²) in [4.78, 5) is 2.83. The highest BCUT2D eigenvalue weighted by molar-refractivity contribution is 5.63. The van der Waals surface area contributed by atoms with Crippen LogP contribution in [0.25, 0.3) is 0 Å². The largest absolute Gasteiger partial charge is 0.504 e. The Morgan fingerprint density at radius 1 is 1.17 bits per heavy atom. The van der Waals surface area contributed by atoms with Gasteiger partial charge in [0.25, 0.3) is 0 Å². The molecular weight excluding hydrogens is 438 g/mol. The zero-order chi connectivity index (χ0) is 24.8. The van der Waals surface area contributed by atoms with Crippen molar-refractivity contribution in [3.8, 4) is 11.5 Å². The third kappa shape index (κ3) is 2.38. The summed E-state index contributed by atoms with van der Waals surface area (Å²) >= 11 is 0. The molecule has 1 aromatic rings. The maximum atomic E-state index is 12.3. The summed E-state index contributed by atoms with van der Waals surface area (Å²) in [5.41, 5.74) is 0.655. The minimum absolute atomic E-state index is 0.0104. The fourth-order valence-corrected chi connectivity index (χ4v) is 10.1. The van der Waals surface area contributed by atoms with Crippen molar-refractivity contribution < 1.29 is 19.7 Å². The molecule has 5 fully saturated rings. The maximum Gasteiger partial charge on any atom is 0.165 e. The second kappa shape index (κ2) is 6.57. The summed E-state index contributed by atoms with van der Waals surface area (Å²) in [6, 6.07) is 4.45. The van der Waals surface area contributed by atoms with Crippen molar-refractivity contribution in [2.75, 3.05) is 20.2 Å². The van der Waals surface area contributed by atoms with Gasteiger partial charge in [0.15, 0.2) is 11.5 Å². The Balaban J connectivity index is 1.50. The van der Waals surface area contributed by atoms with E-state index in [-0.39, 0.29) is 39.9 Å². The summed E-state index contributed by atoms with van der Waals surface area (Å²) < 4.78 is 13.6. The van der Waals surface area contributed by atoms with Gasteiger partial charge in [-0.1, -0.05) is 33.8 Å². The number of piperidine rings is 1. The lowest BCUT2D eigenvalue weighted by Crippen LogP contribution is -2.85. The van der Waals surface area contributed by atoms with Crippen LogP contribution in [0.1, 0.15) is 77.8 Å². The average Bonchev–Trinajstić information content (AvgIpc) is 3.53. The van der Waals surface area contributed by atoms with E-state index in [1.54, 1.807) is 0 Å². The standard InChI is InChI=1S/C30H43NO4/c1-17-14-28-15-21(27(5,33)26(2,3)4)30(17,34-6)25-29(28)11-12-31(16-18-7-8-18)22(28)13-19-9-10-20(32)24(35-25)23(19)29/h9-10,17-18,21-22,25,32-33H,7-8,11-16H2,1-6H3/t17-,21-,22-,25-,27+,28-,29+,30+/m1/s1. The van der Waals surface area contributed by atoms with Crippen LogP contribution in [0.15, 0.2) is 12.1 Å². The second-order valence-corrected chi connectivity index (χ2v) is 14.3. The summed E-state index contributed by atoms with van der Waals surface area (Å²) in [6.07, 6.45) is 6.66. The molecule has 192 valence electrons. The van der Waals surface area contributed by atoms with Crippen LogP contribution in [0.4, 0.5) is 0 Å². The molecule has 8 rings (SSSR count). The van der Waals surface area contributed by atoms with E-state index in [0.717, 1.165) is 38.1 Å². The van der Waals surface area contributed by atoms with Crippen molar-refractivity contribution in [3.63, 3.8) is 0 Å². The van der Waals surface area contributed by atoms with Crippen LogP contribution in [-0.4, -0.2) is 58.7 Å². The van der Waals surface area contributed by atoms with E-state index in [1.807, 2.05) is 20.1 Å². The van der Waals surface area contributed by atoms with Gasteiger partial charge in [-0.15, -0.1) is 0 Å². The van der Waals surface area contributed by atoms with Gasteiger partial charge in [0, 0.05) is 42.0 Å². The second-order valence-electron chi connectivity index (χ2n) is 14.3. The number of rotatable bonds is 4. The van der Waals surface area contributed by atoms with Gasteiger partial charge in [-0.05, 0) is 80.9 Å². The number of nitrogens with zero attached hydrogens (tertiary/aromatic N) is 1. The van der Waals surface area contributed by atoms with Gasteiger partial charge in [-0.2, -0.15) is 0 Å². The van der Waals surface area contributed by atoms with Gasteiger partial charge in [0.2, 0.25) is 0 Å².